The summed E-state index contributed by atoms with van der Waals surface area (Å²) in [6, 6.07) is 3.79. The number of rotatable bonds is 2. The smallest absolute Gasteiger partial charge is 0.226 e. The molecule has 6 nitrogen and oxygen atoms in total. The summed E-state index contributed by atoms with van der Waals surface area (Å²) < 4.78 is 0. The molecule has 2 unspecified atom stereocenters. The van der Waals surface area contributed by atoms with Crippen LogP contribution in [0.15, 0.2) is 6.07 Å². The van der Waals surface area contributed by atoms with Crippen LogP contribution in [0.5, 0.6) is 0 Å². The monoisotopic (exact) mass is 326 g/mol. The molecule has 0 amide bonds. The fourth-order valence-corrected chi connectivity index (χ4v) is 4.49. The zero-order valence-electron chi connectivity index (χ0n) is 14.7. The van der Waals surface area contributed by atoms with Gasteiger partial charge in [-0.2, -0.15) is 9.97 Å². The molecule has 0 aliphatic carbocycles. The molecule has 2 aliphatic rings. The normalized spacial score (nSPS) is 27.4. The lowest BCUT2D eigenvalue weighted by atomic mass is 9.82. The van der Waals surface area contributed by atoms with E-state index in [0.29, 0.717) is 35.5 Å². The van der Waals surface area contributed by atoms with E-state index in [1.54, 1.807) is 0 Å². The van der Waals surface area contributed by atoms with Gasteiger partial charge in [-0.25, -0.2) is 4.98 Å². The van der Waals surface area contributed by atoms with E-state index in [-0.39, 0.29) is 0 Å². The Bertz CT molecular complexity index is 760. The third-order valence-corrected chi connectivity index (χ3v) is 5.69. The van der Waals surface area contributed by atoms with Crippen molar-refractivity contribution in [2.24, 2.45) is 0 Å². The minimum absolute atomic E-state index is 0.416. The largest absolute Gasteiger partial charge is 0.383 e. The number of hydrogen-bond acceptors (Lipinski definition) is 6. The first kappa shape index (κ1) is 15.6. The molecule has 2 saturated heterocycles. The molecule has 128 valence electrons. The second-order valence-corrected chi connectivity index (χ2v) is 7.43. The van der Waals surface area contributed by atoms with Gasteiger partial charge in [0.15, 0.2) is 5.65 Å². The maximum absolute atomic E-state index is 6.19. The van der Waals surface area contributed by atoms with E-state index in [4.69, 9.17) is 5.73 Å². The van der Waals surface area contributed by atoms with Crippen molar-refractivity contribution in [2.75, 3.05) is 18.1 Å². The third kappa shape index (κ3) is 2.69. The first-order valence-electron chi connectivity index (χ1n) is 8.91. The molecule has 4 rings (SSSR count). The lowest BCUT2D eigenvalue weighted by Crippen LogP contribution is -2.52. The van der Waals surface area contributed by atoms with Gasteiger partial charge in [-0.1, -0.05) is 6.42 Å². The molecule has 6 heteroatoms. The van der Waals surface area contributed by atoms with Gasteiger partial charge >= 0.3 is 0 Å². The van der Waals surface area contributed by atoms with Gasteiger partial charge in [0.25, 0.3) is 0 Å². The molecule has 24 heavy (non-hydrogen) atoms. The molecule has 0 radical (unpaired) electrons. The Balaban J connectivity index is 1.61. The highest BCUT2D eigenvalue weighted by Crippen LogP contribution is 2.34. The summed E-state index contributed by atoms with van der Waals surface area (Å²) in [5.41, 5.74) is 8.91. The van der Waals surface area contributed by atoms with Crippen LogP contribution in [0.4, 0.5) is 11.8 Å². The van der Waals surface area contributed by atoms with Gasteiger partial charge in [0.2, 0.25) is 5.95 Å². The number of anilines is 2. The van der Waals surface area contributed by atoms with E-state index in [2.05, 4.69) is 32.2 Å². The van der Waals surface area contributed by atoms with Crippen LogP contribution in [0.3, 0.4) is 0 Å². The van der Waals surface area contributed by atoms with Gasteiger partial charge in [-0.05, 0) is 58.2 Å². The van der Waals surface area contributed by atoms with E-state index in [1.165, 1.54) is 19.3 Å². The van der Waals surface area contributed by atoms with Crippen molar-refractivity contribution in [1.29, 1.82) is 0 Å². The fraction of sp³-hybridized carbons (Fsp3) is 0.611. The van der Waals surface area contributed by atoms with Crippen LogP contribution >= 0.6 is 0 Å². The minimum atomic E-state index is 0.416. The standard InChI is InChI=1S/C18H26N6/c1-10-7-11(2)20-17-15(10)16(19)22-18(23-17)21-12-8-13-5-4-6-14(9-12)24(13)3/h7,12-14H,4-6,8-9H2,1-3H3,(H3,19,20,21,22,23)/t12?,13-,14?/m1/s1. The Morgan fingerprint density at radius 2 is 1.83 bits per heavy atom. The Morgan fingerprint density at radius 1 is 1.12 bits per heavy atom. The molecule has 2 fully saturated rings. The number of fused-ring (bicyclic) bond motifs is 3. The van der Waals surface area contributed by atoms with Gasteiger partial charge in [-0.15, -0.1) is 0 Å². The summed E-state index contributed by atoms with van der Waals surface area (Å²) in [5.74, 6) is 1.13. The SMILES string of the molecule is Cc1cc(C)c2c(N)nc(NC3CC4CCC[C@H](C3)N4C)nc2n1. The van der Waals surface area contributed by atoms with Crippen LogP contribution in [0, 0.1) is 13.8 Å². The van der Waals surface area contributed by atoms with Crippen LogP contribution in [0.1, 0.15) is 43.4 Å². The Kier molecular flexibility index (Phi) is 3.79. The summed E-state index contributed by atoms with van der Waals surface area (Å²) in [6.45, 7) is 4.01. The number of pyridine rings is 1. The van der Waals surface area contributed by atoms with E-state index in [9.17, 15) is 0 Å². The van der Waals surface area contributed by atoms with Crippen LogP contribution in [0.25, 0.3) is 11.0 Å². The maximum Gasteiger partial charge on any atom is 0.226 e. The number of nitrogens with zero attached hydrogens (tertiary/aromatic N) is 4. The quantitative estimate of drug-likeness (QED) is 0.883. The van der Waals surface area contributed by atoms with Crippen LogP contribution in [-0.2, 0) is 0 Å². The second kappa shape index (κ2) is 5.84. The summed E-state index contributed by atoms with van der Waals surface area (Å²) in [7, 11) is 2.27. The van der Waals surface area contributed by atoms with Gasteiger partial charge in [0.1, 0.15) is 5.82 Å². The van der Waals surface area contributed by atoms with Crippen LogP contribution in [-0.4, -0.2) is 45.0 Å². The van der Waals surface area contributed by atoms with Crippen molar-refractivity contribution >= 4 is 22.8 Å². The van der Waals surface area contributed by atoms with Gasteiger partial charge in [-0.3, -0.25) is 0 Å². The first-order chi connectivity index (χ1) is 11.5. The number of nitrogens with one attached hydrogen (secondary N) is 1. The average molecular weight is 326 g/mol. The van der Waals surface area contributed by atoms with Crippen molar-refractivity contribution < 1.29 is 0 Å². The highest BCUT2D eigenvalue weighted by atomic mass is 15.2. The van der Waals surface area contributed by atoms with E-state index in [1.807, 2.05) is 19.9 Å². The highest BCUT2D eigenvalue weighted by molar-refractivity contribution is 5.89. The van der Waals surface area contributed by atoms with Crippen LogP contribution in [0.2, 0.25) is 0 Å². The molecule has 0 saturated carbocycles. The molecule has 2 aromatic heterocycles. The summed E-state index contributed by atoms with van der Waals surface area (Å²) in [5, 5.41) is 4.40. The third-order valence-electron chi connectivity index (χ3n) is 5.69. The molecule has 0 spiro atoms. The molecule has 3 N–H and O–H groups in total. The zero-order valence-corrected chi connectivity index (χ0v) is 14.7. The Labute approximate surface area is 142 Å². The summed E-state index contributed by atoms with van der Waals surface area (Å²) >= 11 is 0. The molecule has 4 heterocycles. The molecular weight excluding hydrogens is 300 g/mol. The molecule has 2 bridgehead atoms. The predicted molar refractivity (Wildman–Crippen MR) is 97.1 cm³/mol. The van der Waals surface area contributed by atoms with Crippen molar-refractivity contribution in [1.82, 2.24) is 19.9 Å². The summed E-state index contributed by atoms with van der Waals surface area (Å²) in [4.78, 5) is 16.2. The number of piperidine rings is 2. The Morgan fingerprint density at radius 3 is 2.54 bits per heavy atom. The van der Waals surface area contributed by atoms with Gasteiger partial charge < -0.3 is 16.0 Å². The van der Waals surface area contributed by atoms with Crippen LogP contribution < -0.4 is 11.1 Å². The second-order valence-electron chi connectivity index (χ2n) is 7.43. The minimum Gasteiger partial charge on any atom is -0.383 e. The Hall–Kier alpha value is -1.95. The molecule has 3 atom stereocenters. The van der Waals surface area contributed by atoms with Crippen molar-refractivity contribution in [3.8, 4) is 0 Å². The lowest BCUT2D eigenvalue weighted by molar-refractivity contribution is 0.0607. The molecule has 0 aromatic carbocycles. The lowest BCUT2D eigenvalue weighted by Gasteiger charge is -2.47. The van der Waals surface area contributed by atoms with E-state index in [0.717, 1.165) is 29.5 Å². The molecular formula is C18H26N6. The molecule has 2 aromatic rings. The van der Waals surface area contributed by atoms with Gasteiger partial charge in [0.05, 0.1) is 5.39 Å². The predicted octanol–water partition coefficient (Wildman–Crippen LogP) is 2.65. The number of nitrogens with two attached hydrogens (primary N) is 1. The topological polar surface area (TPSA) is 80.0 Å². The number of aromatic nitrogens is 3. The van der Waals surface area contributed by atoms with Crippen molar-refractivity contribution in [2.45, 2.75) is 64.1 Å². The number of aryl methyl sites for hydroxylation is 2. The first-order valence-corrected chi connectivity index (χ1v) is 8.91. The maximum atomic E-state index is 6.19. The average Bonchev–Trinajstić information content (AvgIpc) is 2.47. The van der Waals surface area contributed by atoms with Gasteiger partial charge in [0, 0.05) is 23.8 Å². The van der Waals surface area contributed by atoms with Crippen molar-refractivity contribution in [3.63, 3.8) is 0 Å². The van der Waals surface area contributed by atoms with E-state index < -0.39 is 0 Å². The fourth-order valence-electron chi connectivity index (χ4n) is 4.49. The number of nitrogen functional groups attached to an aromatic ring is 1. The molecule has 2 aliphatic heterocycles. The number of hydrogen-bond donors (Lipinski definition) is 2. The van der Waals surface area contributed by atoms with Crippen molar-refractivity contribution in [3.05, 3.63) is 17.3 Å². The van der Waals surface area contributed by atoms with E-state index >= 15 is 0 Å². The summed E-state index contributed by atoms with van der Waals surface area (Å²) in [6.07, 6.45) is 6.25. The zero-order chi connectivity index (χ0) is 16.8. The highest BCUT2D eigenvalue weighted by Gasteiger charge is 2.36.